The van der Waals surface area contributed by atoms with Crippen LogP contribution < -0.4 is 14.8 Å². The van der Waals surface area contributed by atoms with Gasteiger partial charge in [-0.3, -0.25) is 9.59 Å². The fourth-order valence-corrected chi connectivity index (χ4v) is 4.62. The van der Waals surface area contributed by atoms with Crippen molar-refractivity contribution >= 4 is 27.7 Å². The van der Waals surface area contributed by atoms with E-state index in [1.165, 1.54) is 0 Å². The lowest BCUT2D eigenvalue weighted by molar-refractivity contribution is -0.141. The first-order valence-electron chi connectivity index (χ1n) is 12.7. The first kappa shape index (κ1) is 26.7. The topological polar surface area (TPSA) is 67.9 Å². The van der Waals surface area contributed by atoms with E-state index in [2.05, 4.69) is 21.2 Å². The number of amides is 2. The first-order valence-corrected chi connectivity index (χ1v) is 13.4. The maximum absolute atomic E-state index is 13.8. The van der Waals surface area contributed by atoms with Gasteiger partial charge in [0.15, 0.2) is 11.5 Å². The number of nitrogens with zero attached hydrogens (tertiary/aromatic N) is 1. The molecule has 2 amide bonds. The van der Waals surface area contributed by atoms with Crippen LogP contribution in [-0.4, -0.2) is 42.0 Å². The van der Waals surface area contributed by atoms with Gasteiger partial charge in [0.25, 0.3) is 0 Å². The predicted molar refractivity (Wildman–Crippen MR) is 148 cm³/mol. The zero-order chi connectivity index (χ0) is 26.2. The van der Waals surface area contributed by atoms with E-state index in [9.17, 15) is 9.59 Å². The highest BCUT2D eigenvalue weighted by atomic mass is 79.9. The van der Waals surface area contributed by atoms with E-state index in [1.54, 1.807) is 4.90 Å². The van der Waals surface area contributed by atoms with Gasteiger partial charge >= 0.3 is 0 Å². The average molecular weight is 566 g/mol. The molecule has 1 atom stereocenters. The lowest BCUT2D eigenvalue weighted by atomic mass is 10.0. The van der Waals surface area contributed by atoms with Crippen molar-refractivity contribution in [3.05, 3.63) is 94.0 Å². The number of aryl methyl sites for hydroxylation is 1. The van der Waals surface area contributed by atoms with Crippen molar-refractivity contribution in [2.45, 2.75) is 51.7 Å². The van der Waals surface area contributed by atoms with Crippen LogP contribution >= 0.6 is 15.9 Å². The standard InChI is InChI=1S/C30H33BrN2O4/c1-21(2)32-30(35)26(18-22-6-4-3-5-7-22)33(20-24-8-12-25(31)13-9-24)29(34)15-11-23-10-14-27-28(19-23)37-17-16-36-27/h3-10,12-14,19,21,26H,11,15-18,20H2,1-2H3,(H,32,35). The minimum Gasteiger partial charge on any atom is -0.486 e. The second-order valence-corrected chi connectivity index (χ2v) is 10.4. The van der Waals surface area contributed by atoms with Crippen molar-refractivity contribution in [1.29, 1.82) is 0 Å². The van der Waals surface area contributed by atoms with Gasteiger partial charge in [0.1, 0.15) is 19.3 Å². The highest BCUT2D eigenvalue weighted by Crippen LogP contribution is 2.31. The molecule has 0 radical (unpaired) electrons. The molecule has 1 N–H and O–H groups in total. The van der Waals surface area contributed by atoms with E-state index < -0.39 is 6.04 Å². The number of halogens is 1. The van der Waals surface area contributed by atoms with Crippen LogP contribution in [0.1, 0.15) is 37.0 Å². The number of benzene rings is 3. The molecule has 0 bridgehead atoms. The number of fused-ring (bicyclic) bond motifs is 1. The number of hydrogen-bond donors (Lipinski definition) is 1. The van der Waals surface area contributed by atoms with Crippen LogP contribution in [0, 0.1) is 0 Å². The second kappa shape index (κ2) is 12.8. The fraction of sp³-hybridized carbons (Fsp3) is 0.333. The molecular weight excluding hydrogens is 532 g/mol. The van der Waals surface area contributed by atoms with Gasteiger partial charge in [-0.1, -0.05) is 64.5 Å². The lowest BCUT2D eigenvalue weighted by Gasteiger charge is -2.32. The molecule has 1 aliphatic heterocycles. The van der Waals surface area contributed by atoms with Crippen molar-refractivity contribution in [2.24, 2.45) is 0 Å². The zero-order valence-corrected chi connectivity index (χ0v) is 22.9. The molecule has 37 heavy (non-hydrogen) atoms. The summed E-state index contributed by atoms with van der Waals surface area (Å²) in [4.78, 5) is 28.9. The van der Waals surface area contributed by atoms with Crippen molar-refractivity contribution < 1.29 is 19.1 Å². The molecule has 3 aromatic carbocycles. The number of nitrogens with one attached hydrogen (secondary N) is 1. The Hall–Kier alpha value is -3.32. The van der Waals surface area contributed by atoms with E-state index in [4.69, 9.17) is 9.47 Å². The molecule has 6 nitrogen and oxygen atoms in total. The lowest BCUT2D eigenvalue weighted by Crippen LogP contribution is -2.51. The van der Waals surface area contributed by atoms with Crippen molar-refractivity contribution in [2.75, 3.05) is 13.2 Å². The molecular formula is C30H33BrN2O4. The Bertz CT molecular complexity index is 1200. The predicted octanol–water partition coefficient (Wildman–Crippen LogP) is 5.32. The number of hydrogen-bond acceptors (Lipinski definition) is 4. The molecule has 1 unspecified atom stereocenters. The maximum Gasteiger partial charge on any atom is 0.243 e. The summed E-state index contributed by atoms with van der Waals surface area (Å²) in [7, 11) is 0. The molecule has 4 rings (SSSR count). The number of carbonyl (C=O) groups is 2. The van der Waals surface area contributed by atoms with Crippen LogP contribution in [0.3, 0.4) is 0 Å². The molecule has 0 aromatic heterocycles. The normalized spacial score (nSPS) is 13.2. The third-order valence-corrected chi connectivity index (χ3v) is 6.73. The Morgan fingerprint density at radius 1 is 0.892 bits per heavy atom. The SMILES string of the molecule is CC(C)NC(=O)C(Cc1ccccc1)N(Cc1ccc(Br)cc1)C(=O)CCc1ccc2c(c1)OCCO2. The van der Waals surface area contributed by atoms with Crippen molar-refractivity contribution in [3.63, 3.8) is 0 Å². The summed E-state index contributed by atoms with van der Waals surface area (Å²) >= 11 is 3.48. The molecule has 1 heterocycles. The van der Waals surface area contributed by atoms with E-state index >= 15 is 0 Å². The highest BCUT2D eigenvalue weighted by Gasteiger charge is 2.30. The van der Waals surface area contributed by atoms with Crippen LogP contribution in [0.5, 0.6) is 11.5 Å². The van der Waals surface area contributed by atoms with Gasteiger partial charge in [-0.2, -0.15) is 0 Å². The molecule has 7 heteroatoms. The Morgan fingerprint density at radius 3 is 2.27 bits per heavy atom. The number of ether oxygens (including phenoxy) is 2. The summed E-state index contributed by atoms with van der Waals surface area (Å²) in [6, 6.07) is 22.8. The fourth-order valence-electron chi connectivity index (χ4n) is 4.36. The molecule has 0 spiro atoms. The molecule has 0 fully saturated rings. The van der Waals surface area contributed by atoms with E-state index in [0.29, 0.717) is 38.3 Å². The molecule has 1 aliphatic rings. The summed E-state index contributed by atoms with van der Waals surface area (Å²) < 4.78 is 12.3. The quantitative estimate of drug-likeness (QED) is 0.362. The Morgan fingerprint density at radius 2 is 1.57 bits per heavy atom. The zero-order valence-electron chi connectivity index (χ0n) is 21.3. The van der Waals surface area contributed by atoms with Gasteiger partial charge in [0.05, 0.1) is 0 Å². The summed E-state index contributed by atoms with van der Waals surface area (Å²) in [5.74, 6) is 1.22. The van der Waals surface area contributed by atoms with Gasteiger partial charge in [-0.15, -0.1) is 0 Å². The van der Waals surface area contributed by atoms with Crippen LogP contribution in [0.25, 0.3) is 0 Å². The van der Waals surface area contributed by atoms with E-state index in [1.807, 2.05) is 86.6 Å². The summed E-state index contributed by atoms with van der Waals surface area (Å²) in [6.45, 7) is 5.26. The smallest absolute Gasteiger partial charge is 0.243 e. The monoisotopic (exact) mass is 564 g/mol. The summed E-state index contributed by atoms with van der Waals surface area (Å²) in [6.07, 6.45) is 1.25. The van der Waals surface area contributed by atoms with Crippen molar-refractivity contribution in [1.82, 2.24) is 10.2 Å². The Balaban J connectivity index is 1.58. The Kier molecular flexibility index (Phi) is 9.23. The largest absolute Gasteiger partial charge is 0.486 e. The van der Waals surface area contributed by atoms with Gasteiger partial charge < -0.3 is 19.7 Å². The summed E-state index contributed by atoms with van der Waals surface area (Å²) in [5, 5.41) is 3.03. The molecule has 0 saturated carbocycles. The average Bonchev–Trinajstić information content (AvgIpc) is 2.90. The molecule has 3 aromatic rings. The van der Waals surface area contributed by atoms with Crippen LogP contribution in [0.15, 0.2) is 77.3 Å². The number of carbonyl (C=O) groups excluding carboxylic acids is 2. The van der Waals surface area contributed by atoms with Crippen molar-refractivity contribution in [3.8, 4) is 11.5 Å². The molecule has 194 valence electrons. The molecule has 0 aliphatic carbocycles. The van der Waals surface area contributed by atoms with Gasteiger partial charge in [-0.05, 0) is 61.2 Å². The van der Waals surface area contributed by atoms with E-state index in [-0.39, 0.29) is 24.3 Å². The van der Waals surface area contributed by atoms with E-state index in [0.717, 1.165) is 26.9 Å². The summed E-state index contributed by atoms with van der Waals surface area (Å²) in [5.41, 5.74) is 2.96. The molecule has 0 saturated heterocycles. The van der Waals surface area contributed by atoms with Crippen LogP contribution in [0.4, 0.5) is 0 Å². The minimum atomic E-state index is -0.638. The van der Waals surface area contributed by atoms with Crippen LogP contribution in [-0.2, 0) is 29.0 Å². The third kappa shape index (κ3) is 7.59. The maximum atomic E-state index is 13.8. The Labute approximate surface area is 227 Å². The van der Waals surface area contributed by atoms with Gasteiger partial charge in [0, 0.05) is 29.9 Å². The first-order chi connectivity index (χ1) is 17.9. The minimum absolute atomic E-state index is 0.0341. The van der Waals surface area contributed by atoms with Crippen LogP contribution in [0.2, 0.25) is 0 Å². The third-order valence-electron chi connectivity index (χ3n) is 6.20. The number of rotatable bonds is 10. The van der Waals surface area contributed by atoms with Gasteiger partial charge in [-0.25, -0.2) is 0 Å². The van der Waals surface area contributed by atoms with Gasteiger partial charge in [0.2, 0.25) is 11.8 Å². The second-order valence-electron chi connectivity index (χ2n) is 9.49. The highest BCUT2D eigenvalue weighted by molar-refractivity contribution is 9.10.